The summed E-state index contributed by atoms with van der Waals surface area (Å²) in [4.78, 5) is 9.45. The molecule has 0 bridgehead atoms. The molecule has 0 unspecified atom stereocenters. The van der Waals surface area contributed by atoms with Gasteiger partial charge < -0.3 is 10.3 Å². The van der Waals surface area contributed by atoms with Crippen LogP contribution in [0.15, 0.2) is 18.3 Å². The monoisotopic (exact) mass is 289 g/mol. The number of hydrogen-bond acceptors (Lipinski definition) is 5. The lowest BCUT2D eigenvalue weighted by Crippen LogP contribution is -2.37. The van der Waals surface area contributed by atoms with Gasteiger partial charge in [-0.1, -0.05) is 6.07 Å². The molecule has 0 amide bonds. The third kappa shape index (κ3) is 3.93. The summed E-state index contributed by atoms with van der Waals surface area (Å²) >= 11 is 0. The van der Waals surface area contributed by atoms with Gasteiger partial charge in [-0.2, -0.15) is 0 Å². The Kier molecular flexibility index (Phi) is 5.06. The van der Waals surface area contributed by atoms with Crippen molar-refractivity contribution >= 4 is 5.82 Å². The van der Waals surface area contributed by atoms with Crippen LogP contribution in [0, 0.1) is 5.92 Å². The summed E-state index contributed by atoms with van der Waals surface area (Å²) in [7, 11) is 0. The van der Waals surface area contributed by atoms with Gasteiger partial charge in [-0.05, 0) is 63.8 Å². The third-order valence-electron chi connectivity index (χ3n) is 4.84. The van der Waals surface area contributed by atoms with E-state index in [1.54, 1.807) is 6.20 Å². The van der Waals surface area contributed by atoms with Gasteiger partial charge in [0.2, 0.25) is 0 Å². The van der Waals surface area contributed by atoms with Gasteiger partial charge in [0, 0.05) is 24.8 Å². The fourth-order valence-electron chi connectivity index (χ4n) is 3.59. The second-order valence-corrected chi connectivity index (χ2v) is 6.38. The van der Waals surface area contributed by atoms with Crippen molar-refractivity contribution < 1.29 is 0 Å². The van der Waals surface area contributed by atoms with Crippen molar-refractivity contribution in [1.29, 1.82) is 0 Å². The van der Waals surface area contributed by atoms with E-state index in [2.05, 4.69) is 26.3 Å². The highest BCUT2D eigenvalue weighted by molar-refractivity contribution is 5.42. The van der Waals surface area contributed by atoms with Gasteiger partial charge in [0.25, 0.3) is 0 Å². The molecule has 2 saturated heterocycles. The van der Waals surface area contributed by atoms with E-state index in [1.165, 1.54) is 64.0 Å². The number of rotatable bonds is 5. The number of likely N-dealkylation sites (tertiary alicyclic amines) is 2. The van der Waals surface area contributed by atoms with E-state index in [9.17, 15) is 0 Å². The zero-order valence-corrected chi connectivity index (χ0v) is 12.8. The van der Waals surface area contributed by atoms with Crippen LogP contribution in [0.2, 0.25) is 0 Å². The first kappa shape index (κ1) is 14.8. The molecule has 0 saturated carbocycles. The van der Waals surface area contributed by atoms with Crippen molar-refractivity contribution in [3.05, 3.63) is 23.9 Å². The van der Waals surface area contributed by atoms with E-state index >= 15 is 0 Å². The summed E-state index contributed by atoms with van der Waals surface area (Å²) in [5.41, 5.74) is 3.89. The molecule has 0 aromatic carbocycles. The van der Waals surface area contributed by atoms with Gasteiger partial charge >= 0.3 is 0 Å². The Labute approximate surface area is 127 Å². The molecule has 0 radical (unpaired) electrons. The van der Waals surface area contributed by atoms with Crippen LogP contribution in [0.3, 0.4) is 0 Å². The van der Waals surface area contributed by atoms with Crippen LogP contribution < -0.4 is 11.3 Å². The molecule has 3 heterocycles. The molecule has 1 aromatic rings. The summed E-state index contributed by atoms with van der Waals surface area (Å²) in [6.45, 7) is 7.29. The first-order valence-electron chi connectivity index (χ1n) is 8.20. The molecule has 1 aromatic heterocycles. The van der Waals surface area contributed by atoms with Gasteiger partial charge in [0.15, 0.2) is 0 Å². The summed E-state index contributed by atoms with van der Waals surface area (Å²) in [5.74, 6) is 7.22. The van der Waals surface area contributed by atoms with Gasteiger partial charge in [0.05, 0.1) is 0 Å². The van der Waals surface area contributed by atoms with Crippen LogP contribution in [0.1, 0.15) is 31.2 Å². The third-order valence-corrected chi connectivity index (χ3v) is 4.84. The molecule has 2 fully saturated rings. The molecule has 3 N–H and O–H groups in total. The van der Waals surface area contributed by atoms with E-state index in [1.807, 2.05) is 6.07 Å². The molecule has 3 rings (SSSR count). The lowest BCUT2D eigenvalue weighted by molar-refractivity contribution is 0.149. The van der Waals surface area contributed by atoms with Crippen molar-refractivity contribution in [3.8, 4) is 0 Å². The highest BCUT2D eigenvalue weighted by Crippen LogP contribution is 2.23. The van der Waals surface area contributed by atoms with Crippen molar-refractivity contribution in [2.45, 2.75) is 32.2 Å². The lowest BCUT2D eigenvalue weighted by Gasteiger charge is -2.34. The second kappa shape index (κ2) is 7.20. The van der Waals surface area contributed by atoms with Crippen LogP contribution in [-0.2, 0) is 6.54 Å². The molecular formula is C16H27N5. The maximum atomic E-state index is 5.53. The number of piperidine rings is 1. The maximum Gasteiger partial charge on any atom is 0.144 e. The summed E-state index contributed by atoms with van der Waals surface area (Å²) < 4.78 is 0. The average Bonchev–Trinajstić information content (AvgIpc) is 3.03. The highest BCUT2D eigenvalue weighted by Gasteiger charge is 2.23. The largest absolute Gasteiger partial charge is 0.308 e. The van der Waals surface area contributed by atoms with Gasteiger partial charge in [0.1, 0.15) is 5.82 Å². The van der Waals surface area contributed by atoms with Crippen molar-refractivity contribution in [2.24, 2.45) is 11.8 Å². The molecule has 5 nitrogen and oxygen atoms in total. The van der Waals surface area contributed by atoms with Crippen LogP contribution in [0.4, 0.5) is 5.82 Å². The van der Waals surface area contributed by atoms with Crippen LogP contribution in [0.25, 0.3) is 0 Å². The predicted octanol–water partition coefficient (Wildman–Crippen LogP) is 1.67. The number of pyridine rings is 1. The predicted molar refractivity (Wildman–Crippen MR) is 85.7 cm³/mol. The van der Waals surface area contributed by atoms with E-state index in [4.69, 9.17) is 5.84 Å². The summed E-state index contributed by atoms with van der Waals surface area (Å²) in [5, 5.41) is 0. The second-order valence-electron chi connectivity index (χ2n) is 6.38. The molecular weight excluding hydrogens is 262 g/mol. The van der Waals surface area contributed by atoms with Gasteiger partial charge in [-0.15, -0.1) is 0 Å². The number of nitrogens with one attached hydrogen (secondary N) is 1. The first-order chi connectivity index (χ1) is 10.3. The number of nitrogen functional groups attached to an aromatic ring is 1. The topological polar surface area (TPSA) is 57.4 Å². The normalized spacial score (nSPS) is 21.8. The number of anilines is 1. The first-order valence-corrected chi connectivity index (χ1v) is 8.20. The minimum Gasteiger partial charge on any atom is -0.308 e. The Bertz CT molecular complexity index is 436. The Balaban J connectivity index is 1.47. The van der Waals surface area contributed by atoms with Gasteiger partial charge in [-0.3, -0.25) is 4.90 Å². The zero-order valence-electron chi connectivity index (χ0n) is 12.8. The molecule has 0 atom stereocenters. The van der Waals surface area contributed by atoms with Gasteiger partial charge in [-0.25, -0.2) is 10.8 Å². The van der Waals surface area contributed by atoms with Crippen LogP contribution in [-0.4, -0.2) is 47.5 Å². The van der Waals surface area contributed by atoms with E-state index < -0.39 is 0 Å². The minimum absolute atomic E-state index is 0.802. The Morgan fingerprint density at radius 3 is 2.62 bits per heavy atom. The molecule has 21 heavy (non-hydrogen) atoms. The highest BCUT2D eigenvalue weighted by atomic mass is 15.3. The van der Waals surface area contributed by atoms with Crippen LogP contribution >= 0.6 is 0 Å². The maximum absolute atomic E-state index is 5.53. The van der Waals surface area contributed by atoms with E-state index in [0.717, 1.165) is 18.3 Å². The van der Waals surface area contributed by atoms with Crippen molar-refractivity contribution in [3.63, 3.8) is 0 Å². The molecule has 5 heteroatoms. The Hall–Kier alpha value is -1.17. The SMILES string of the molecule is NNc1ncccc1CN1CCC(CN2CCCC2)CC1. The number of hydrogen-bond donors (Lipinski definition) is 2. The fourth-order valence-corrected chi connectivity index (χ4v) is 3.59. The Morgan fingerprint density at radius 2 is 1.90 bits per heavy atom. The standard InChI is InChI=1S/C16H27N5/c17-19-16-15(4-3-7-18-16)13-21-10-5-14(6-11-21)12-20-8-1-2-9-20/h3-4,7,14H,1-2,5-6,8-13,17H2,(H,18,19). The molecule has 116 valence electrons. The molecule has 2 aliphatic rings. The van der Waals surface area contributed by atoms with Crippen molar-refractivity contribution in [2.75, 3.05) is 38.1 Å². The van der Waals surface area contributed by atoms with E-state index in [0.29, 0.717) is 0 Å². The Morgan fingerprint density at radius 1 is 1.14 bits per heavy atom. The summed E-state index contributed by atoms with van der Waals surface area (Å²) in [6.07, 6.45) is 7.22. The number of nitrogens with zero attached hydrogens (tertiary/aromatic N) is 3. The average molecular weight is 289 g/mol. The van der Waals surface area contributed by atoms with Crippen molar-refractivity contribution in [1.82, 2.24) is 14.8 Å². The number of aromatic nitrogens is 1. The molecule has 2 aliphatic heterocycles. The number of hydrazine groups is 1. The number of nitrogens with two attached hydrogens (primary N) is 1. The smallest absolute Gasteiger partial charge is 0.144 e. The van der Waals surface area contributed by atoms with E-state index in [-0.39, 0.29) is 0 Å². The fraction of sp³-hybridized carbons (Fsp3) is 0.688. The summed E-state index contributed by atoms with van der Waals surface area (Å²) in [6, 6.07) is 4.09. The zero-order chi connectivity index (χ0) is 14.5. The van der Waals surface area contributed by atoms with Crippen LogP contribution in [0.5, 0.6) is 0 Å². The lowest BCUT2D eigenvalue weighted by atomic mass is 9.96. The quantitative estimate of drug-likeness (QED) is 0.638. The molecule has 0 aliphatic carbocycles. The molecule has 0 spiro atoms. The minimum atomic E-state index is 0.802.